The zero-order chi connectivity index (χ0) is 11.1. The average Bonchev–Trinajstić information content (AvgIpc) is 2.58. The molecule has 2 aromatic rings. The van der Waals surface area contributed by atoms with Crippen LogP contribution in [0, 0.1) is 0 Å². The Hall–Kier alpha value is -0.580. The second kappa shape index (κ2) is 3.77. The van der Waals surface area contributed by atoms with Crippen LogP contribution in [-0.4, -0.2) is 8.42 Å². The van der Waals surface area contributed by atoms with Crippen molar-refractivity contribution in [3.05, 3.63) is 35.2 Å². The molecule has 1 atom stereocenters. The van der Waals surface area contributed by atoms with Gasteiger partial charge in [-0.2, -0.15) is 0 Å². The van der Waals surface area contributed by atoms with Gasteiger partial charge in [0.1, 0.15) is 0 Å². The first-order valence-electron chi connectivity index (χ1n) is 4.40. The van der Waals surface area contributed by atoms with E-state index in [-0.39, 0.29) is 0 Å². The zero-order valence-electron chi connectivity index (χ0n) is 7.98. The van der Waals surface area contributed by atoms with Crippen LogP contribution in [0.2, 0.25) is 0 Å². The minimum Gasteiger partial charge on any atom is -0.212 e. The van der Waals surface area contributed by atoms with Crippen LogP contribution in [0.3, 0.4) is 0 Å². The molecule has 0 fully saturated rings. The van der Waals surface area contributed by atoms with E-state index in [4.69, 9.17) is 10.7 Å². The third kappa shape index (κ3) is 2.02. The monoisotopic (exact) mass is 260 g/mol. The number of rotatable bonds is 2. The Kier molecular flexibility index (Phi) is 2.75. The second-order valence-electron chi connectivity index (χ2n) is 3.30. The Labute approximate surface area is 96.9 Å². The van der Waals surface area contributed by atoms with E-state index in [1.807, 2.05) is 29.6 Å². The quantitative estimate of drug-likeness (QED) is 0.774. The molecule has 1 unspecified atom stereocenters. The normalized spacial score (nSPS) is 14.3. The van der Waals surface area contributed by atoms with E-state index >= 15 is 0 Å². The molecule has 15 heavy (non-hydrogen) atoms. The summed E-state index contributed by atoms with van der Waals surface area (Å²) in [6.07, 6.45) is 0. The molecule has 2 rings (SSSR count). The zero-order valence-corrected chi connectivity index (χ0v) is 10.4. The van der Waals surface area contributed by atoms with Gasteiger partial charge in [-0.05, 0) is 29.3 Å². The third-order valence-corrected chi connectivity index (χ3v) is 5.25. The number of hydrogen-bond donors (Lipinski definition) is 0. The van der Waals surface area contributed by atoms with E-state index < -0.39 is 14.3 Å². The van der Waals surface area contributed by atoms with Crippen LogP contribution in [0.1, 0.15) is 17.7 Å². The van der Waals surface area contributed by atoms with Gasteiger partial charge in [-0.15, -0.1) is 11.3 Å². The van der Waals surface area contributed by atoms with Gasteiger partial charge in [0.15, 0.2) is 0 Å². The molecule has 1 aromatic carbocycles. The second-order valence-corrected chi connectivity index (χ2v) is 7.16. The first-order chi connectivity index (χ1) is 7.00. The molecule has 0 saturated carbocycles. The lowest BCUT2D eigenvalue weighted by molar-refractivity contribution is 0.601. The summed E-state index contributed by atoms with van der Waals surface area (Å²) in [6.45, 7) is 1.61. The van der Waals surface area contributed by atoms with Gasteiger partial charge in [0.25, 0.3) is 0 Å². The molecule has 0 N–H and O–H groups in total. The fourth-order valence-electron chi connectivity index (χ4n) is 1.46. The summed E-state index contributed by atoms with van der Waals surface area (Å²) in [4.78, 5) is 0. The topological polar surface area (TPSA) is 34.1 Å². The van der Waals surface area contributed by atoms with Crippen molar-refractivity contribution in [3.63, 3.8) is 0 Å². The summed E-state index contributed by atoms with van der Waals surface area (Å²) in [5.74, 6) is 0. The van der Waals surface area contributed by atoms with Crippen LogP contribution in [0.4, 0.5) is 0 Å². The number of hydrogen-bond acceptors (Lipinski definition) is 3. The Morgan fingerprint density at radius 2 is 2.00 bits per heavy atom. The summed E-state index contributed by atoms with van der Waals surface area (Å²) in [5.41, 5.74) is 0.783. The maximum atomic E-state index is 11.2. The minimum atomic E-state index is -3.54. The standard InChI is InChI=1S/C10H9ClO2S2/c1-7(15(11,12)13)9-6-14-10-5-3-2-4-8(9)10/h2-7H,1H3. The van der Waals surface area contributed by atoms with Crippen LogP contribution < -0.4 is 0 Å². The van der Waals surface area contributed by atoms with E-state index in [1.165, 1.54) is 11.3 Å². The number of benzene rings is 1. The highest BCUT2D eigenvalue weighted by atomic mass is 35.7. The van der Waals surface area contributed by atoms with Gasteiger partial charge in [-0.3, -0.25) is 0 Å². The highest BCUT2D eigenvalue weighted by Crippen LogP contribution is 2.34. The molecule has 0 amide bonds. The van der Waals surface area contributed by atoms with Gasteiger partial charge in [0, 0.05) is 15.4 Å². The SMILES string of the molecule is CC(c1csc2ccccc12)S(=O)(=O)Cl. The average molecular weight is 261 g/mol. The molecule has 5 heteroatoms. The van der Waals surface area contributed by atoms with Gasteiger partial charge < -0.3 is 0 Å². The Balaban J connectivity index is 2.63. The third-order valence-electron chi connectivity index (χ3n) is 2.37. The Morgan fingerprint density at radius 1 is 1.33 bits per heavy atom. The van der Waals surface area contributed by atoms with Crippen LogP contribution in [0.25, 0.3) is 10.1 Å². The fraction of sp³-hybridized carbons (Fsp3) is 0.200. The molecule has 0 saturated heterocycles. The van der Waals surface area contributed by atoms with E-state index in [0.717, 1.165) is 15.6 Å². The smallest absolute Gasteiger partial charge is 0.212 e. The first-order valence-corrected chi connectivity index (χ1v) is 7.65. The van der Waals surface area contributed by atoms with Gasteiger partial charge in [0.05, 0.1) is 5.25 Å². The highest BCUT2D eigenvalue weighted by Gasteiger charge is 2.22. The Morgan fingerprint density at radius 3 is 2.67 bits per heavy atom. The van der Waals surface area contributed by atoms with E-state index in [0.29, 0.717) is 0 Å². The van der Waals surface area contributed by atoms with Crippen LogP contribution in [0.15, 0.2) is 29.6 Å². The maximum absolute atomic E-state index is 11.2. The summed E-state index contributed by atoms with van der Waals surface area (Å²) < 4.78 is 23.6. The van der Waals surface area contributed by atoms with Crippen molar-refractivity contribution in [1.29, 1.82) is 0 Å². The van der Waals surface area contributed by atoms with Crippen molar-refractivity contribution >= 4 is 41.2 Å². The molecule has 0 bridgehead atoms. The number of fused-ring (bicyclic) bond motifs is 1. The minimum absolute atomic E-state index is 0.657. The van der Waals surface area contributed by atoms with Crippen LogP contribution >= 0.6 is 22.0 Å². The van der Waals surface area contributed by atoms with E-state index in [2.05, 4.69) is 0 Å². The van der Waals surface area contributed by atoms with Crippen LogP contribution in [0.5, 0.6) is 0 Å². The fourth-order valence-corrected chi connectivity index (χ4v) is 3.39. The maximum Gasteiger partial charge on any atom is 0.239 e. The van der Waals surface area contributed by atoms with Crippen molar-refractivity contribution in [1.82, 2.24) is 0 Å². The lowest BCUT2D eigenvalue weighted by atomic mass is 10.1. The molecular weight excluding hydrogens is 252 g/mol. The lowest BCUT2D eigenvalue weighted by Crippen LogP contribution is -2.01. The van der Waals surface area contributed by atoms with Gasteiger partial charge >= 0.3 is 0 Å². The number of halogens is 1. The molecule has 0 aliphatic heterocycles. The van der Waals surface area contributed by atoms with Crippen molar-refractivity contribution in [2.24, 2.45) is 0 Å². The van der Waals surface area contributed by atoms with Crippen molar-refractivity contribution in [2.75, 3.05) is 0 Å². The van der Waals surface area contributed by atoms with E-state index in [9.17, 15) is 8.42 Å². The molecule has 0 spiro atoms. The molecule has 1 aromatic heterocycles. The molecule has 80 valence electrons. The van der Waals surface area contributed by atoms with Gasteiger partial charge in [0.2, 0.25) is 9.05 Å². The summed E-state index contributed by atoms with van der Waals surface area (Å²) in [6, 6.07) is 7.71. The van der Waals surface area contributed by atoms with Crippen molar-refractivity contribution in [2.45, 2.75) is 12.2 Å². The lowest BCUT2D eigenvalue weighted by Gasteiger charge is -2.05. The predicted octanol–water partition coefficient (Wildman–Crippen LogP) is 3.53. The Bertz CT molecular complexity index is 586. The molecule has 0 aliphatic carbocycles. The van der Waals surface area contributed by atoms with E-state index in [1.54, 1.807) is 6.92 Å². The summed E-state index contributed by atoms with van der Waals surface area (Å²) in [5, 5.41) is 2.17. The molecule has 2 nitrogen and oxygen atoms in total. The molecular formula is C10H9ClO2S2. The van der Waals surface area contributed by atoms with Crippen molar-refractivity contribution in [3.8, 4) is 0 Å². The summed E-state index contributed by atoms with van der Waals surface area (Å²) >= 11 is 1.54. The van der Waals surface area contributed by atoms with Gasteiger partial charge in [-0.25, -0.2) is 8.42 Å². The summed E-state index contributed by atoms with van der Waals surface area (Å²) in [7, 11) is 1.81. The molecule has 0 aliphatic rings. The molecule has 0 radical (unpaired) electrons. The number of thiophene rings is 1. The first kappa shape index (κ1) is 10.9. The predicted molar refractivity (Wildman–Crippen MR) is 65.0 cm³/mol. The van der Waals surface area contributed by atoms with Crippen molar-refractivity contribution < 1.29 is 8.42 Å². The van der Waals surface area contributed by atoms with Gasteiger partial charge in [-0.1, -0.05) is 18.2 Å². The molecule has 1 heterocycles. The largest absolute Gasteiger partial charge is 0.239 e. The van der Waals surface area contributed by atoms with Crippen LogP contribution in [-0.2, 0) is 9.05 Å². The highest BCUT2D eigenvalue weighted by molar-refractivity contribution is 8.13.